The summed E-state index contributed by atoms with van der Waals surface area (Å²) in [5, 5.41) is 13.4. The molecule has 1 aromatic heterocycles. The fraction of sp³-hybridized carbons (Fsp3) is 0.167. The molecule has 0 unspecified atom stereocenters. The van der Waals surface area contributed by atoms with E-state index < -0.39 is 5.97 Å². The third-order valence-corrected chi connectivity index (χ3v) is 2.48. The van der Waals surface area contributed by atoms with Crippen molar-refractivity contribution in [2.75, 3.05) is 5.73 Å². The van der Waals surface area contributed by atoms with Crippen LogP contribution in [0.2, 0.25) is 0 Å². The maximum atomic E-state index is 11.1. The Morgan fingerprint density at radius 3 is 2.88 bits per heavy atom. The molecule has 0 spiro atoms. The van der Waals surface area contributed by atoms with Gasteiger partial charge in [-0.15, -0.1) is 0 Å². The van der Waals surface area contributed by atoms with Crippen molar-refractivity contribution < 1.29 is 9.90 Å². The molecule has 0 atom stereocenters. The molecule has 2 rings (SSSR count). The second kappa shape index (κ2) is 4.29. The van der Waals surface area contributed by atoms with Crippen molar-refractivity contribution in [3.63, 3.8) is 0 Å². The average molecular weight is 231 g/mol. The predicted octanol–water partition coefficient (Wildman–Crippen LogP) is 1.85. The van der Waals surface area contributed by atoms with Crippen molar-refractivity contribution in [3.05, 3.63) is 36.0 Å². The van der Waals surface area contributed by atoms with Gasteiger partial charge in [-0.2, -0.15) is 5.10 Å². The molecule has 0 radical (unpaired) electrons. The normalized spacial score (nSPS) is 10.4. The molecule has 0 fully saturated rings. The molecule has 0 aliphatic rings. The van der Waals surface area contributed by atoms with Crippen molar-refractivity contribution in [1.29, 1.82) is 0 Å². The molecule has 1 heterocycles. The second-order valence-corrected chi connectivity index (χ2v) is 3.68. The van der Waals surface area contributed by atoms with Crippen molar-refractivity contribution in [3.8, 4) is 11.3 Å². The highest BCUT2D eigenvalue weighted by Gasteiger charge is 2.16. The van der Waals surface area contributed by atoms with Gasteiger partial charge in [-0.3, -0.25) is 4.68 Å². The fourth-order valence-electron chi connectivity index (χ4n) is 1.64. The highest BCUT2D eigenvalue weighted by atomic mass is 16.4. The minimum Gasteiger partial charge on any atom is -0.478 e. The van der Waals surface area contributed by atoms with Crippen LogP contribution in [0.3, 0.4) is 0 Å². The van der Waals surface area contributed by atoms with Gasteiger partial charge in [0, 0.05) is 24.0 Å². The average Bonchev–Trinajstić information content (AvgIpc) is 2.73. The number of hydrogen-bond acceptors (Lipinski definition) is 3. The summed E-state index contributed by atoms with van der Waals surface area (Å²) < 4.78 is 1.60. The third-order valence-electron chi connectivity index (χ3n) is 2.48. The smallest absolute Gasteiger partial charge is 0.339 e. The first-order chi connectivity index (χ1) is 8.11. The van der Waals surface area contributed by atoms with Crippen molar-refractivity contribution in [2.45, 2.75) is 13.5 Å². The lowest BCUT2D eigenvalue weighted by Crippen LogP contribution is -1.97. The first kappa shape index (κ1) is 11.2. The van der Waals surface area contributed by atoms with Crippen LogP contribution in [0.25, 0.3) is 11.3 Å². The number of rotatable bonds is 3. The van der Waals surface area contributed by atoms with E-state index in [1.54, 1.807) is 28.9 Å². The molecule has 0 amide bonds. The lowest BCUT2D eigenvalue weighted by molar-refractivity contribution is 0.0697. The summed E-state index contributed by atoms with van der Waals surface area (Å²) in [5.74, 6) is -0.984. The van der Waals surface area contributed by atoms with Crippen LogP contribution >= 0.6 is 0 Å². The number of carbonyl (C=O) groups is 1. The predicted molar refractivity (Wildman–Crippen MR) is 64.7 cm³/mol. The number of benzene rings is 1. The Labute approximate surface area is 98.5 Å². The Morgan fingerprint density at radius 2 is 2.29 bits per heavy atom. The molecule has 0 saturated heterocycles. The highest BCUT2D eigenvalue weighted by Crippen LogP contribution is 2.23. The van der Waals surface area contributed by atoms with Crippen LogP contribution in [0.15, 0.2) is 30.5 Å². The lowest BCUT2D eigenvalue weighted by Gasteiger charge is -2.00. The Bertz CT molecular complexity index is 561. The molecule has 0 aliphatic heterocycles. The van der Waals surface area contributed by atoms with E-state index >= 15 is 0 Å². The summed E-state index contributed by atoms with van der Waals surface area (Å²) >= 11 is 0. The summed E-state index contributed by atoms with van der Waals surface area (Å²) in [6.07, 6.45) is 1.53. The standard InChI is InChI=1S/C12H13N3O2/c1-2-15-7-10(12(16)17)11(14-15)8-4-3-5-9(13)6-8/h3-7H,2,13H2,1H3,(H,16,17). The van der Waals surface area contributed by atoms with Gasteiger partial charge in [-0.05, 0) is 19.1 Å². The molecular formula is C12H13N3O2. The maximum Gasteiger partial charge on any atom is 0.339 e. The summed E-state index contributed by atoms with van der Waals surface area (Å²) in [6.45, 7) is 2.53. The Morgan fingerprint density at radius 1 is 1.53 bits per heavy atom. The molecule has 88 valence electrons. The van der Waals surface area contributed by atoms with Gasteiger partial charge in [0.1, 0.15) is 11.3 Å². The first-order valence-electron chi connectivity index (χ1n) is 5.28. The summed E-state index contributed by atoms with van der Waals surface area (Å²) in [7, 11) is 0. The zero-order chi connectivity index (χ0) is 12.4. The highest BCUT2D eigenvalue weighted by molar-refractivity contribution is 5.94. The number of nitrogens with zero attached hydrogens (tertiary/aromatic N) is 2. The molecule has 5 nitrogen and oxygen atoms in total. The van der Waals surface area contributed by atoms with E-state index in [0.29, 0.717) is 17.9 Å². The van der Waals surface area contributed by atoms with Gasteiger partial charge < -0.3 is 10.8 Å². The Hall–Kier alpha value is -2.30. The molecule has 2 aromatic rings. The second-order valence-electron chi connectivity index (χ2n) is 3.68. The number of aryl methyl sites for hydroxylation is 1. The molecule has 17 heavy (non-hydrogen) atoms. The topological polar surface area (TPSA) is 81.1 Å². The van der Waals surface area contributed by atoms with Gasteiger partial charge >= 0.3 is 5.97 Å². The molecule has 0 saturated carbocycles. The van der Waals surface area contributed by atoms with Crippen molar-refractivity contribution in [2.24, 2.45) is 0 Å². The minimum absolute atomic E-state index is 0.192. The monoisotopic (exact) mass is 231 g/mol. The van der Waals surface area contributed by atoms with E-state index in [0.717, 1.165) is 5.56 Å². The van der Waals surface area contributed by atoms with E-state index in [2.05, 4.69) is 5.10 Å². The Balaban J connectivity index is 2.57. The number of aromatic nitrogens is 2. The van der Waals surface area contributed by atoms with Gasteiger partial charge in [0.2, 0.25) is 0 Å². The number of anilines is 1. The lowest BCUT2D eigenvalue weighted by atomic mass is 10.1. The first-order valence-corrected chi connectivity index (χ1v) is 5.28. The molecule has 0 bridgehead atoms. The SMILES string of the molecule is CCn1cc(C(=O)O)c(-c2cccc(N)c2)n1. The van der Waals surface area contributed by atoms with E-state index in [-0.39, 0.29) is 5.56 Å². The number of nitrogens with two attached hydrogens (primary N) is 1. The number of hydrogen-bond donors (Lipinski definition) is 2. The van der Waals surface area contributed by atoms with Gasteiger partial charge in [0.15, 0.2) is 0 Å². The van der Waals surface area contributed by atoms with E-state index in [9.17, 15) is 4.79 Å². The van der Waals surface area contributed by atoms with Crippen LogP contribution in [0.4, 0.5) is 5.69 Å². The number of aromatic carboxylic acids is 1. The van der Waals surface area contributed by atoms with Crippen LogP contribution in [-0.4, -0.2) is 20.9 Å². The number of carboxylic acid groups (broad SMARTS) is 1. The molecule has 1 aromatic carbocycles. The minimum atomic E-state index is -0.984. The fourth-order valence-corrected chi connectivity index (χ4v) is 1.64. The number of carboxylic acids is 1. The number of nitrogen functional groups attached to an aromatic ring is 1. The van der Waals surface area contributed by atoms with Gasteiger partial charge in [0.25, 0.3) is 0 Å². The van der Waals surface area contributed by atoms with Crippen LogP contribution in [0, 0.1) is 0 Å². The van der Waals surface area contributed by atoms with E-state index in [4.69, 9.17) is 10.8 Å². The van der Waals surface area contributed by atoms with Crippen LogP contribution in [0.5, 0.6) is 0 Å². The molecule has 5 heteroatoms. The molecule has 0 aliphatic carbocycles. The molecular weight excluding hydrogens is 218 g/mol. The molecule has 3 N–H and O–H groups in total. The third kappa shape index (κ3) is 2.13. The zero-order valence-corrected chi connectivity index (χ0v) is 9.42. The maximum absolute atomic E-state index is 11.1. The van der Waals surface area contributed by atoms with Crippen LogP contribution < -0.4 is 5.73 Å². The Kier molecular flexibility index (Phi) is 2.82. The zero-order valence-electron chi connectivity index (χ0n) is 9.42. The summed E-state index contributed by atoms with van der Waals surface area (Å²) in [5.41, 5.74) is 7.63. The summed E-state index contributed by atoms with van der Waals surface area (Å²) in [6, 6.07) is 7.04. The van der Waals surface area contributed by atoms with Crippen molar-refractivity contribution >= 4 is 11.7 Å². The van der Waals surface area contributed by atoms with Crippen molar-refractivity contribution in [1.82, 2.24) is 9.78 Å². The van der Waals surface area contributed by atoms with Gasteiger partial charge in [-0.1, -0.05) is 12.1 Å². The van der Waals surface area contributed by atoms with Gasteiger partial charge in [-0.25, -0.2) is 4.79 Å². The van der Waals surface area contributed by atoms with Crippen LogP contribution in [0.1, 0.15) is 17.3 Å². The quantitative estimate of drug-likeness (QED) is 0.790. The van der Waals surface area contributed by atoms with Gasteiger partial charge in [0.05, 0.1) is 0 Å². The van der Waals surface area contributed by atoms with E-state index in [1.165, 1.54) is 6.20 Å². The van der Waals surface area contributed by atoms with Crippen LogP contribution in [-0.2, 0) is 6.54 Å². The van der Waals surface area contributed by atoms with E-state index in [1.807, 2.05) is 6.92 Å². The largest absolute Gasteiger partial charge is 0.478 e. The summed E-state index contributed by atoms with van der Waals surface area (Å²) in [4.78, 5) is 11.1.